The molecule has 1 N–H and O–H groups in total. The lowest BCUT2D eigenvalue weighted by Gasteiger charge is -2.12. The van der Waals surface area contributed by atoms with Gasteiger partial charge in [-0.25, -0.2) is 10.2 Å². The zero-order valence-corrected chi connectivity index (χ0v) is 21.0. The molecule has 0 saturated carbocycles. The second kappa shape index (κ2) is 13.4. The molecule has 0 bridgehead atoms. The SMILES string of the molecule is CCOc1cc(/C=N\NC(=O)COc2ccc(OC)cc2)ccc1OC(=O)c1ccc(OC)c(OC)c1. The van der Waals surface area contributed by atoms with Crippen LogP contribution in [0.25, 0.3) is 0 Å². The van der Waals surface area contributed by atoms with Crippen molar-refractivity contribution in [2.75, 3.05) is 34.5 Å². The second-order valence-corrected chi connectivity index (χ2v) is 7.36. The highest BCUT2D eigenvalue weighted by Gasteiger charge is 2.16. The summed E-state index contributed by atoms with van der Waals surface area (Å²) in [7, 11) is 4.56. The minimum absolute atomic E-state index is 0.209. The highest BCUT2D eigenvalue weighted by Crippen LogP contribution is 2.31. The highest BCUT2D eigenvalue weighted by atomic mass is 16.6. The van der Waals surface area contributed by atoms with E-state index in [1.165, 1.54) is 26.5 Å². The smallest absolute Gasteiger partial charge is 0.343 e. The molecule has 3 rings (SSSR count). The van der Waals surface area contributed by atoms with E-state index in [4.69, 9.17) is 28.4 Å². The number of nitrogens with one attached hydrogen (secondary N) is 1. The molecular formula is C27H28N2O8. The van der Waals surface area contributed by atoms with Crippen molar-refractivity contribution in [1.29, 1.82) is 0 Å². The van der Waals surface area contributed by atoms with Gasteiger partial charge in [0, 0.05) is 0 Å². The summed E-state index contributed by atoms with van der Waals surface area (Å²) in [6.45, 7) is 1.95. The fourth-order valence-electron chi connectivity index (χ4n) is 3.11. The Kier molecular flexibility index (Phi) is 9.72. The zero-order valence-electron chi connectivity index (χ0n) is 21.0. The van der Waals surface area contributed by atoms with E-state index in [1.807, 2.05) is 6.92 Å². The van der Waals surface area contributed by atoms with Crippen molar-refractivity contribution in [2.45, 2.75) is 6.92 Å². The molecule has 1 amide bonds. The Bertz CT molecular complexity index is 1240. The van der Waals surface area contributed by atoms with Crippen LogP contribution in [0.3, 0.4) is 0 Å². The predicted molar refractivity (Wildman–Crippen MR) is 136 cm³/mol. The predicted octanol–water partition coefficient (Wildman–Crippen LogP) is 3.86. The number of rotatable bonds is 12. The first kappa shape index (κ1) is 26.9. The molecule has 0 saturated heterocycles. The Labute approximate surface area is 214 Å². The van der Waals surface area contributed by atoms with Crippen molar-refractivity contribution < 1.29 is 38.0 Å². The van der Waals surface area contributed by atoms with Crippen LogP contribution in [0.15, 0.2) is 65.8 Å². The number of hydrazone groups is 1. The van der Waals surface area contributed by atoms with Crippen molar-refractivity contribution >= 4 is 18.1 Å². The van der Waals surface area contributed by atoms with Gasteiger partial charge in [0.2, 0.25) is 0 Å². The molecule has 0 atom stereocenters. The molecule has 0 heterocycles. The summed E-state index contributed by atoms with van der Waals surface area (Å²) in [5.74, 6) is 1.67. The molecule has 0 aliphatic heterocycles. The summed E-state index contributed by atoms with van der Waals surface area (Å²) >= 11 is 0. The lowest BCUT2D eigenvalue weighted by atomic mass is 10.2. The van der Waals surface area contributed by atoms with Gasteiger partial charge in [-0.2, -0.15) is 5.10 Å². The van der Waals surface area contributed by atoms with Crippen molar-refractivity contribution in [3.63, 3.8) is 0 Å². The van der Waals surface area contributed by atoms with Gasteiger partial charge in [-0.05, 0) is 73.2 Å². The van der Waals surface area contributed by atoms with Gasteiger partial charge in [-0.1, -0.05) is 0 Å². The van der Waals surface area contributed by atoms with E-state index >= 15 is 0 Å². The van der Waals surface area contributed by atoms with Gasteiger partial charge >= 0.3 is 5.97 Å². The van der Waals surface area contributed by atoms with Gasteiger partial charge in [0.1, 0.15) is 11.5 Å². The van der Waals surface area contributed by atoms with Gasteiger partial charge in [-0.3, -0.25) is 4.79 Å². The summed E-state index contributed by atoms with van der Waals surface area (Å²) in [6.07, 6.45) is 1.44. The molecule has 0 spiro atoms. The summed E-state index contributed by atoms with van der Waals surface area (Å²) in [5, 5.41) is 3.94. The Hall–Kier alpha value is -4.73. The topological polar surface area (TPSA) is 114 Å². The van der Waals surface area contributed by atoms with E-state index in [0.717, 1.165) is 0 Å². The molecule has 0 aromatic heterocycles. The van der Waals surface area contributed by atoms with E-state index in [9.17, 15) is 9.59 Å². The number of benzene rings is 3. The lowest BCUT2D eigenvalue weighted by molar-refractivity contribution is -0.123. The van der Waals surface area contributed by atoms with Gasteiger partial charge in [0.05, 0.1) is 39.7 Å². The van der Waals surface area contributed by atoms with Crippen LogP contribution in [-0.2, 0) is 4.79 Å². The summed E-state index contributed by atoms with van der Waals surface area (Å²) < 4.78 is 32.1. The Morgan fingerprint density at radius 1 is 0.784 bits per heavy atom. The van der Waals surface area contributed by atoms with Crippen molar-refractivity contribution in [3.05, 3.63) is 71.8 Å². The van der Waals surface area contributed by atoms with Crippen molar-refractivity contribution in [2.24, 2.45) is 5.10 Å². The van der Waals surface area contributed by atoms with Crippen LogP contribution < -0.4 is 33.8 Å². The van der Waals surface area contributed by atoms with Gasteiger partial charge in [-0.15, -0.1) is 0 Å². The number of carbonyl (C=O) groups is 2. The summed E-state index contributed by atoms with van der Waals surface area (Å²) in [6, 6.07) is 16.5. The number of methoxy groups -OCH3 is 3. The third-order valence-corrected chi connectivity index (χ3v) is 4.92. The summed E-state index contributed by atoms with van der Waals surface area (Å²) in [4.78, 5) is 24.7. The number of hydrogen-bond acceptors (Lipinski definition) is 9. The average Bonchev–Trinajstić information content (AvgIpc) is 2.93. The number of carbonyl (C=O) groups excluding carboxylic acids is 2. The van der Waals surface area contributed by atoms with Crippen LogP contribution in [0.1, 0.15) is 22.8 Å². The van der Waals surface area contributed by atoms with Crippen LogP contribution in [0.2, 0.25) is 0 Å². The van der Waals surface area contributed by atoms with Gasteiger partial charge < -0.3 is 28.4 Å². The van der Waals surface area contributed by atoms with Crippen LogP contribution in [-0.4, -0.2) is 52.6 Å². The third-order valence-electron chi connectivity index (χ3n) is 4.92. The number of hydrogen-bond donors (Lipinski definition) is 1. The normalized spacial score (nSPS) is 10.5. The van der Waals surface area contributed by atoms with Gasteiger partial charge in [0.25, 0.3) is 5.91 Å². The molecule has 0 unspecified atom stereocenters. The molecule has 37 heavy (non-hydrogen) atoms. The Morgan fingerprint density at radius 2 is 1.49 bits per heavy atom. The first-order valence-corrected chi connectivity index (χ1v) is 11.3. The molecule has 3 aromatic rings. The minimum atomic E-state index is -0.590. The third kappa shape index (κ3) is 7.63. The van der Waals surface area contributed by atoms with Crippen molar-refractivity contribution in [3.8, 4) is 34.5 Å². The van der Waals surface area contributed by atoms with E-state index in [0.29, 0.717) is 40.9 Å². The quantitative estimate of drug-likeness (QED) is 0.170. The van der Waals surface area contributed by atoms with E-state index in [1.54, 1.807) is 61.7 Å². The van der Waals surface area contributed by atoms with Crippen molar-refractivity contribution in [1.82, 2.24) is 5.43 Å². The van der Waals surface area contributed by atoms with E-state index in [-0.39, 0.29) is 17.9 Å². The van der Waals surface area contributed by atoms with Crippen LogP contribution in [0.4, 0.5) is 0 Å². The van der Waals surface area contributed by atoms with Crippen LogP contribution in [0, 0.1) is 0 Å². The summed E-state index contributed by atoms with van der Waals surface area (Å²) in [5.41, 5.74) is 3.30. The largest absolute Gasteiger partial charge is 0.497 e. The number of nitrogens with zero attached hydrogens (tertiary/aromatic N) is 1. The maximum Gasteiger partial charge on any atom is 0.343 e. The van der Waals surface area contributed by atoms with Crippen LogP contribution in [0.5, 0.6) is 34.5 Å². The molecule has 194 valence electrons. The second-order valence-electron chi connectivity index (χ2n) is 7.36. The molecule has 10 nitrogen and oxygen atoms in total. The number of ether oxygens (including phenoxy) is 6. The minimum Gasteiger partial charge on any atom is -0.497 e. The van der Waals surface area contributed by atoms with E-state index in [2.05, 4.69) is 10.5 Å². The maximum atomic E-state index is 12.7. The molecule has 0 aliphatic rings. The first-order chi connectivity index (χ1) is 18.0. The maximum absolute atomic E-state index is 12.7. The monoisotopic (exact) mass is 508 g/mol. The zero-order chi connectivity index (χ0) is 26.6. The van der Waals surface area contributed by atoms with Gasteiger partial charge in [0.15, 0.2) is 29.6 Å². The lowest BCUT2D eigenvalue weighted by Crippen LogP contribution is -2.24. The first-order valence-electron chi connectivity index (χ1n) is 11.3. The molecule has 3 aromatic carbocycles. The van der Waals surface area contributed by atoms with E-state index < -0.39 is 11.9 Å². The average molecular weight is 509 g/mol. The molecule has 0 fully saturated rings. The van der Waals surface area contributed by atoms with Crippen LogP contribution >= 0.6 is 0 Å². The fourth-order valence-corrected chi connectivity index (χ4v) is 3.11. The number of amides is 1. The fraction of sp³-hybridized carbons (Fsp3) is 0.222. The molecule has 0 radical (unpaired) electrons. The Morgan fingerprint density at radius 3 is 2.16 bits per heavy atom. The molecular weight excluding hydrogens is 480 g/mol. The highest BCUT2D eigenvalue weighted by molar-refractivity contribution is 5.92. The molecule has 10 heteroatoms. The standard InChI is InChI=1S/C27H28N2O8/c1-5-35-25-14-18(16-28-29-26(30)17-36-21-10-8-20(32-2)9-11-21)6-12-23(25)37-27(31)19-7-13-22(33-3)24(15-19)34-4/h6-16H,5,17H2,1-4H3,(H,29,30)/b28-16-. The Balaban J connectivity index is 1.61. The molecule has 0 aliphatic carbocycles. The number of esters is 1.